The number of rotatable bonds is 3. The van der Waals surface area contributed by atoms with Crippen molar-refractivity contribution in [2.45, 2.75) is 5.41 Å². The van der Waals surface area contributed by atoms with Crippen molar-refractivity contribution >= 4 is 43.6 Å². The van der Waals surface area contributed by atoms with Crippen molar-refractivity contribution in [3.8, 4) is 45.4 Å². The number of pyridine rings is 2. The number of fused-ring (bicyclic) bond motifs is 15. The molecule has 0 amide bonds. The van der Waals surface area contributed by atoms with Crippen molar-refractivity contribution < 1.29 is 4.74 Å². The van der Waals surface area contributed by atoms with Crippen LogP contribution in [0.5, 0.6) is 11.5 Å². The highest BCUT2D eigenvalue weighted by Crippen LogP contribution is 2.61. The monoisotopic (exact) mass is 740 g/mol. The number of hydrogen-bond donors (Lipinski definition) is 0. The Morgan fingerprint density at radius 2 is 0.862 bits per heavy atom. The summed E-state index contributed by atoms with van der Waals surface area (Å²) >= 11 is 0. The third kappa shape index (κ3) is 4.09. The quantitative estimate of drug-likeness (QED) is 0.181. The zero-order chi connectivity index (χ0) is 38.0. The molecule has 0 unspecified atom stereocenters. The van der Waals surface area contributed by atoms with Gasteiger partial charge < -0.3 is 13.9 Å². The van der Waals surface area contributed by atoms with E-state index in [0.29, 0.717) is 0 Å². The first-order chi connectivity index (χ1) is 28.8. The standard InChI is InChI=1S/C53H32N4O/c1-2-12-35(13-3-1)56-47-21-9-6-16-39(47)40-30-33(23-27-48(40)56)34-22-25-41-49(31-34)58-50-32-36(57-45-19-7-4-14-37(45)38-15-5-8-20-46(38)57)24-26-42(50)53(41)43-17-10-28-54-51(43)52-44(53)18-11-29-55-52/h1-32H. The summed E-state index contributed by atoms with van der Waals surface area (Å²) in [6.07, 6.45) is 3.74. The fourth-order valence-corrected chi connectivity index (χ4v) is 10.1. The lowest BCUT2D eigenvalue weighted by Crippen LogP contribution is -2.32. The first-order valence-corrected chi connectivity index (χ1v) is 19.7. The number of para-hydroxylation sites is 4. The van der Waals surface area contributed by atoms with Gasteiger partial charge in [-0.25, -0.2) is 0 Å². The van der Waals surface area contributed by atoms with Crippen molar-refractivity contribution in [1.82, 2.24) is 19.1 Å². The SMILES string of the molecule is c1ccc(-n2c3ccccc3c3cc(-c4ccc5c(c4)Oc4cc(-n6c7ccccc7c7ccccc76)ccc4C54c5cccnc5-c5ncccc54)ccc32)cc1. The summed E-state index contributed by atoms with van der Waals surface area (Å²) in [5, 5.41) is 4.89. The molecule has 11 aromatic rings. The molecular weight excluding hydrogens is 709 g/mol. The van der Waals surface area contributed by atoms with Crippen LogP contribution in [0, 0.1) is 0 Å². The van der Waals surface area contributed by atoms with E-state index in [1.54, 1.807) is 0 Å². The van der Waals surface area contributed by atoms with Crippen molar-refractivity contribution in [2.24, 2.45) is 0 Å². The molecule has 1 spiro atoms. The van der Waals surface area contributed by atoms with Crippen LogP contribution < -0.4 is 4.74 Å². The van der Waals surface area contributed by atoms with Gasteiger partial charge in [-0.2, -0.15) is 0 Å². The van der Waals surface area contributed by atoms with E-state index >= 15 is 0 Å². The third-order valence-corrected chi connectivity index (χ3v) is 12.5. The zero-order valence-electron chi connectivity index (χ0n) is 31.2. The molecule has 5 heteroatoms. The summed E-state index contributed by atoms with van der Waals surface area (Å²) in [7, 11) is 0. The van der Waals surface area contributed by atoms with Gasteiger partial charge in [0.2, 0.25) is 0 Å². The number of benzene rings is 7. The second-order valence-corrected chi connectivity index (χ2v) is 15.3. The molecule has 1 aliphatic carbocycles. The van der Waals surface area contributed by atoms with Gasteiger partial charge in [-0.15, -0.1) is 0 Å². The normalized spacial score (nSPS) is 13.4. The zero-order valence-corrected chi connectivity index (χ0v) is 31.2. The minimum Gasteiger partial charge on any atom is -0.457 e. The Labute approximate surface area is 333 Å². The molecule has 0 saturated carbocycles. The van der Waals surface area contributed by atoms with Gasteiger partial charge >= 0.3 is 0 Å². The molecule has 1 aliphatic heterocycles. The molecule has 4 aromatic heterocycles. The van der Waals surface area contributed by atoms with Gasteiger partial charge in [-0.05, 0) is 89.0 Å². The smallest absolute Gasteiger partial charge is 0.134 e. The van der Waals surface area contributed by atoms with E-state index in [4.69, 9.17) is 14.7 Å². The molecule has 7 aromatic carbocycles. The van der Waals surface area contributed by atoms with Crippen LogP contribution in [0.3, 0.4) is 0 Å². The summed E-state index contributed by atoms with van der Waals surface area (Å²) < 4.78 is 11.9. The molecule has 13 rings (SSSR count). The van der Waals surface area contributed by atoms with Gasteiger partial charge in [0.25, 0.3) is 0 Å². The highest BCUT2D eigenvalue weighted by atomic mass is 16.5. The lowest BCUT2D eigenvalue weighted by Gasteiger charge is -2.39. The first kappa shape index (κ1) is 31.4. The maximum Gasteiger partial charge on any atom is 0.134 e. The molecular formula is C53H32N4O. The fraction of sp³-hybridized carbons (Fsp3) is 0.0189. The van der Waals surface area contributed by atoms with Crippen LogP contribution in [0.15, 0.2) is 194 Å². The van der Waals surface area contributed by atoms with E-state index in [2.05, 4.69) is 179 Å². The Morgan fingerprint density at radius 3 is 1.52 bits per heavy atom. The molecule has 0 bridgehead atoms. The van der Waals surface area contributed by atoms with Crippen molar-refractivity contribution in [3.63, 3.8) is 0 Å². The highest BCUT2D eigenvalue weighted by Gasteiger charge is 2.52. The second kappa shape index (κ2) is 11.6. The van der Waals surface area contributed by atoms with Gasteiger partial charge in [0.1, 0.15) is 11.5 Å². The Kier molecular flexibility index (Phi) is 6.31. The Hall–Kier alpha value is -7.76. The topological polar surface area (TPSA) is 44.9 Å². The maximum absolute atomic E-state index is 7.18. The van der Waals surface area contributed by atoms with Crippen LogP contribution in [0.2, 0.25) is 0 Å². The fourth-order valence-electron chi connectivity index (χ4n) is 10.1. The number of nitrogens with zero attached hydrogens (tertiary/aromatic N) is 4. The van der Waals surface area contributed by atoms with Crippen molar-refractivity contribution in [3.05, 3.63) is 217 Å². The molecule has 0 atom stereocenters. The molecule has 0 saturated heterocycles. The number of hydrogen-bond acceptors (Lipinski definition) is 3. The maximum atomic E-state index is 7.18. The minimum atomic E-state index is -0.680. The molecule has 58 heavy (non-hydrogen) atoms. The Balaban J connectivity index is 1.05. The van der Waals surface area contributed by atoms with Crippen LogP contribution in [-0.4, -0.2) is 19.1 Å². The van der Waals surface area contributed by atoms with E-state index in [-0.39, 0.29) is 0 Å². The largest absolute Gasteiger partial charge is 0.457 e. The predicted molar refractivity (Wildman–Crippen MR) is 234 cm³/mol. The molecule has 0 radical (unpaired) electrons. The van der Waals surface area contributed by atoms with Crippen molar-refractivity contribution in [1.29, 1.82) is 0 Å². The lowest BCUT2D eigenvalue weighted by molar-refractivity contribution is 0.436. The minimum absolute atomic E-state index is 0.680. The van der Waals surface area contributed by atoms with E-state index < -0.39 is 5.41 Å². The van der Waals surface area contributed by atoms with Gasteiger partial charge in [-0.1, -0.05) is 109 Å². The molecule has 270 valence electrons. The van der Waals surface area contributed by atoms with Crippen molar-refractivity contribution in [2.75, 3.05) is 0 Å². The Bertz CT molecular complexity index is 3400. The summed E-state index contributed by atoms with van der Waals surface area (Å²) in [4.78, 5) is 9.91. The first-order valence-electron chi connectivity index (χ1n) is 19.7. The lowest BCUT2D eigenvalue weighted by atomic mass is 9.66. The molecule has 5 heterocycles. The van der Waals surface area contributed by atoms with Crippen LogP contribution in [0.1, 0.15) is 22.3 Å². The van der Waals surface area contributed by atoms with Crippen LogP contribution >= 0.6 is 0 Å². The average molecular weight is 741 g/mol. The molecule has 0 fully saturated rings. The Morgan fingerprint density at radius 1 is 0.362 bits per heavy atom. The highest BCUT2D eigenvalue weighted by molar-refractivity contribution is 6.11. The summed E-state index contributed by atoms with van der Waals surface area (Å²) in [5.41, 5.74) is 14.6. The van der Waals surface area contributed by atoms with E-state index in [1.165, 1.54) is 32.6 Å². The average Bonchev–Trinajstić information content (AvgIpc) is 3.91. The third-order valence-electron chi connectivity index (χ3n) is 12.5. The van der Waals surface area contributed by atoms with E-state index in [0.717, 1.165) is 78.7 Å². The number of ether oxygens (including phenoxy) is 1. The predicted octanol–water partition coefficient (Wildman–Crippen LogP) is 12.8. The van der Waals surface area contributed by atoms with Gasteiger partial charge in [0.05, 0.1) is 38.9 Å². The van der Waals surface area contributed by atoms with Gasteiger partial charge in [0, 0.05) is 62.5 Å². The van der Waals surface area contributed by atoms with Crippen LogP contribution in [0.4, 0.5) is 0 Å². The van der Waals surface area contributed by atoms with E-state index in [9.17, 15) is 0 Å². The molecule has 2 aliphatic rings. The molecule has 5 nitrogen and oxygen atoms in total. The summed E-state index contributed by atoms with van der Waals surface area (Å²) in [5.74, 6) is 1.64. The molecule has 0 N–H and O–H groups in total. The second-order valence-electron chi connectivity index (χ2n) is 15.3. The van der Waals surface area contributed by atoms with E-state index in [1.807, 2.05) is 24.5 Å². The van der Waals surface area contributed by atoms with Gasteiger partial charge in [-0.3, -0.25) is 9.97 Å². The van der Waals surface area contributed by atoms with Gasteiger partial charge in [0.15, 0.2) is 0 Å². The van der Waals surface area contributed by atoms with Crippen LogP contribution in [-0.2, 0) is 5.41 Å². The summed E-state index contributed by atoms with van der Waals surface area (Å²) in [6.45, 7) is 0. The van der Waals surface area contributed by atoms with Crippen LogP contribution in [0.25, 0.3) is 77.5 Å². The summed E-state index contributed by atoms with van der Waals surface area (Å²) in [6, 6.07) is 65.4. The number of aromatic nitrogens is 4.